The number of amides is 2. The van der Waals surface area contributed by atoms with E-state index in [1.165, 1.54) is 0 Å². The summed E-state index contributed by atoms with van der Waals surface area (Å²) in [6.45, 7) is 2.92. The van der Waals surface area contributed by atoms with E-state index in [2.05, 4.69) is 4.98 Å². The number of benzene rings is 2. The van der Waals surface area contributed by atoms with Crippen LogP contribution in [0.5, 0.6) is 0 Å². The summed E-state index contributed by atoms with van der Waals surface area (Å²) in [5, 5.41) is 0. The third-order valence-electron chi connectivity index (χ3n) is 5.65. The molecule has 2 aliphatic rings. The molecule has 0 spiro atoms. The highest BCUT2D eigenvalue weighted by Crippen LogP contribution is 2.49. The van der Waals surface area contributed by atoms with Crippen LogP contribution in [0.1, 0.15) is 37.5 Å². The SMILES string of the molecule is Cc1cccc(C(=O)N2CCN3C(=O)c4ncccc4C23c2ccccc2)c1. The number of hydrogen-bond acceptors (Lipinski definition) is 3. The average Bonchev–Trinajstić information content (AvgIpc) is 3.24. The summed E-state index contributed by atoms with van der Waals surface area (Å²) < 4.78 is 0. The van der Waals surface area contributed by atoms with Crippen LogP contribution in [-0.4, -0.2) is 39.7 Å². The van der Waals surface area contributed by atoms with Gasteiger partial charge in [-0.2, -0.15) is 0 Å². The van der Waals surface area contributed by atoms with Crippen molar-refractivity contribution in [3.8, 4) is 0 Å². The summed E-state index contributed by atoms with van der Waals surface area (Å²) in [5.41, 5.74) is 2.79. The highest BCUT2D eigenvalue weighted by molar-refractivity contribution is 6.02. The second-order valence-electron chi connectivity index (χ2n) is 7.22. The Balaban J connectivity index is 1.75. The second-order valence-corrected chi connectivity index (χ2v) is 7.22. The van der Waals surface area contributed by atoms with E-state index in [0.717, 1.165) is 16.7 Å². The molecule has 2 aliphatic heterocycles. The highest BCUT2D eigenvalue weighted by atomic mass is 16.2. The van der Waals surface area contributed by atoms with E-state index >= 15 is 0 Å². The molecule has 0 aliphatic carbocycles. The van der Waals surface area contributed by atoms with Crippen molar-refractivity contribution in [1.82, 2.24) is 14.8 Å². The summed E-state index contributed by atoms with van der Waals surface area (Å²) in [4.78, 5) is 34.7. The molecule has 1 saturated heterocycles. The van der Waals surface area contributed by atoms with E-state index in [4.69, 9.17) is 0 Å². The van der Waals surface area contributed by atoms with E-state index in [9.17, 15) is 9.59 Å². The van der Waals surface area contributed by atoms with Crippen molar-refractivity contribution in [3.05, 3.63) is 101 Å². The number of pyridine rings is 1. The Kier molecular flexibility index (Phi) is 3.59. The topological polar surface area (TPSA) is 53.5 Å². The van der Waals surface area contributed by atoms with Crippen molar-refractivity contribution in [3.63, 3.8) is 0 Å². The van der Waals surface area contributed by atoms with Crippen molar-refractivity contribution < 1.29 is 9.59 Å². The fourth-order valence-electron chi connectivity index (χ4n) is 4.51. The molecule has 5 nitrogen and oxygen atoms in total. The number of rotatable bonds is 2. The minimum Gasteiger partial charge on any atom is -0.306 e. The van der Waals surface area contributed by atoms with Gasteiger partial charge in [-0.3, -0.25) is 14.6 Å². The van der Waals surface area contributed by atoms with Crippen LogP contribution in [0.15, 0.2) is 72.9 Å². The maximum absolute atomic E-state index is 13.6. The molecule has 2 amide bonds. The van der Waals surface area contributed by atoms with Crippen LogP contribution < -0.4 is 0 Å². The van der Waals surface area contributed by atoms with Gasteiger partial charge in [0.1, 0.15) is 5.69 Å². The van der Waals surface area contributed by atoms with Gasteiger partial charge in [-0.15, -0.1) is 0 Å². The van der Waals surface area contributed by atoms with Crippen LogP contribution >= 0.6 is 0 Å². The molecular formula is C23H19N3O2. The third kappa shape index (κ3) is 2.10. The van der Waals surface area contributed by atoms with E-state index < -0.39 is 5.66 Å². The minimum absolute atomic E-state index is 0.0837. The lowest BCUT2D eigenvalue weighted by molar-refractivity contribution is 0.0374. The van der Waals surface area contributed by atoms with Crippen LogP contribution in [-0.2, 0) is 5.66 Å². The predicted octanol–water partition coefficient (Wildman–Crippen LogP) is 3.20. The van der Waals surface area contributed by atoms with Crippen molar-refractivity contribution in [2.75, 3.05) is 13.1 Å². The number of nitrogens with zero attached hydrogens (tertiary/aromatic N) is 3. The van der Waals surface area contributed by atoms with Gasteiger partial charge in [-0.25, -0.2) is 0 Å². The van der Waals surface area contributed by atoms with Crippen LogP contribution in [0.2, 0.25) is 0 Å². The Bertz CT molecular complexity index is 1100. The smallest absolute Gasteiger partial charge is 0.275 e. The van der Waals surface area contributed by atoms with E-state index in [1.54, 1.807) is 11.1 Å². The molecular weight excluding hydrogens is 350 g/mol. The van der Waals surface area contributed by atoms with Crippen LogP contribution in [0.4, 0.5) is 0 Å². The molecule has 1 fully saturated rings. The summed E-state index contributed by atoms with van der Waals surface area (Å²) in [6.07, 6.45) is 1.63. The molecule has 1 atom stereocenters. The Labute approximate surface area is 163 Å². The molecule has 5 heteroatoms. The summed E-state index contributed by atoms with van der Waals surface area (Å²) in [5.74, 6) is -0.210. The Morgan fingerprint density at radius 2 is 1.82 bits per heavy atom. The number of aromatic nitrogens is 1. The Hall–Kier alpha value is -3.47. The molecule has 0 radical (unpaired) electrons. The second kappa shape index (κ2) is 6.02. The zero-order chi connectivity index (χ0) is 19.3. The quantitative estimate of drug-likeness (QED) is 0.697. The molecule has 138 valence electrons. The van der Waals surface area contributed by atoms with E-state index in [-0.39, 0.29) is 11.8 Å². The monoisotopic (exact) mass is 369 g/mol. The zero-order valence-corrected chi connectivity index (χ0v) is 15.5. The summed E-state index contributed by atoms with van der Waals surface area (Å²) in [7, 11) is 0. The van der Waals surface area contributed by atoms with Gasteiger partial charge < -0.3 is 9.80 Å². The van der Waals surface area contributed by atoms with Crippen LogP contribution in [0.3, 0.4) is 0 Å². The third-order valence-corrected chi connectivity index (χ3v) is 5.65. The number of carbonyl (C=O) groups excluding carboxylic acids is 2. The van der Waals surface area contributed by atoms with Gasteiger partial charge in [0.15, 0.2) is 5.66 Å². The van der Waals surface area contributed by atoms with Crippen molar-refractivity contribution in [2.45, 2.75) is 12.6 Å². The lowest BCUT2D eigenvalue weighted by atomic mass is 9.90. The van der Waals surface area contributed by atoms with Crippen LogP contribution in [0.25, 0.3) is 0 Å². The number of hydrogen-bond donors (Lipinski definition) is 0. The predicted molar refractivity (Wildman–Crippen MR) is 105 cm³/mol. The highest BCUT2D eigenvalue weighted by Gasteiger charge is 2.60. The first-order valence-corrected chi connectivity index (χ1v) is 9.35. The average molecular weight is 369 g/mol. The fraction of sp³-hybridized carbons (Fsp3) is 0.174. The van der Waals surface area contributed by atoms with Gasteiger partial charge >= 0.3 is 0 Å². The molecule has 0 bridgehead atoms. The first kappa shape index (κ1) is 16.7. The number of carbonyl (C=O) groups is 2. The van der Waals surface area contributed by atoms with Gasteiger partial charge in [0.05, 0.1) is 0 Å². The normalized spacial score (nSPS) is 20.2. The molecule has 28 heavy (non-hydrogen) atoms. The molecule has 0 saturated carbocycles. The maximum Gasteiger partial charge on any atom is 0.275 e. The Morgan fingerprint density at radius 3 is 2.61 bits per heavy atom. The molecule has 0 N–H and O–H groups in total. The van der Waals surface area contributed by atoms with Gasteiger partial charge in [-0.05, 0) is 25.1 Å². The van der Waals surface area contributed by atoms with Crippen molar-refractivity contribution in [2.24, 2.45) is 0 Å². The van der Waals surface area contributed by atoms with Gasteiger partial charge in [0.25, 0.3) is 11.8 Å². The van der Waals surface area contributed by atoms with Gasteiger partial charge in [-0.1, -0.05) is 54.1 Å². The van der Waals surface area contributed by atoms with Crippen LogP contribution in [0, 0.1) is 6.92 Å². The Morgan fingerprint density at radius 1 is 1.00 bits per heavy atom. The molecule has 3 aromatic rings. The maximum atomic E-state index is 13.6. The van der Waals surface area contributed by atoms with Crippen molar-refractivity contribution in [1.29, 1.82) is 0 Å². The first-order chi connectivity index (χ1) is 13.6. The van der Waals surface area contributed by atoms with Crippen molar-refractivity contribution >= 4 is 11.8 Å². The largest absolute Gasteiger partial charge is 0.306 e. The minimum atomic E-state index is -0.956. The summed E-state index contributed by atoms with van der Waals surface area (Å²) in [6, 6.07) is 21.1. The first-order valence-electron chi connectivity index (χ1n) is 9.35. The number of aryl methyl sites for hydroxylation is 1. The van der Waals surface area contributed by atoms with Gasteiger partial charge in [0, 0.05) is 36.0 Å². The lowest BCUT2D eigenvalue weighted by Gasteiger charge is -2.40. The number of fused-ring (bicyclic) bond motifs is 3. The molecule has 1 aromatic heterocycles. The zero-order valence-electron chi connectivity index (χ0n) is 15.5. The van der Waals surface area contributed by atoms with E-state index in [1.807, 2.05) is 78.6 Å². The lowest BCUT2D eigenvalue weighted by Crippen LogP contribution is -2.51. The van der Waals surface area contributed by atoms with E-state index in [0.29, 0.717) is 24.3 Å². The molecule has 2 aromatic carbocycles. The fourth-order valence-corrected chi connectivity index (χ4v) is 4.51. The molecule has 5 rings (SSSR count). The molecule has 3 heterocycles. The van der Waals surface area contributed by atoms with Gasteiger partial charge in [0.2, 0.25) is 0 Å². The standard InChI is InChI=1S/C23H19N3O2/c1-16-7-5-8-17(15-16)21(27)25-13-14-26-22(28)20-19(11-6-12-24-20)23(25,26)18-9-3-2-4-10-18/h2-12,15H,13-14H2,1H3. The summed E-state index contributed by atoms with van der Waals surface area (Å²) >= 11 is 0. The molecule has 1 unspecified atom stereocenters.